The van der Waals surface area contributed by atoms with E-state index in [0.717, 1.165) is 11.1 Å². The van der Waals surface area contributed by atoms with Crippen molar-refractivity contribution in [3.63, 3.8) is 0 Å². The number of esters is 1. The summed E-state index contributed by atoms with van der Waals surface area (Å²) in [6, 6.07) is 24.2. The Morgan fingerprint density at radius 3 is 2.00 bits per heavy atom. The minimum Gasteiger partial charge on any atom is -0.460 e. The normalized spacial score (nSPS) is 13.6. The lowest BCUT2D eigenvalue weighted by atomic mass is 9.85. The fraction of sp³-hybridized carbons (Fsp3) is 0.296. The minimum absolute atomic E-state index is 0.0649. The third-order valence-electron chi connectivity index (χ3n) is 5.18. The molecule has 0 spiro atoms. The van der Waals surface area contributed by atoms with Crippen LogP contribution < -0.4 is 9.92 Å². The summed E-state index contributed by atoms with van der Waals surface area (Å²) in [7, 11) is -3.93. The number of benzene rings is 3. The van der Waals surface area contributed by atoms with E-state index in [1.54, 1.807) is 42.5 Å². The zero-order valence-electron chi connectivity index (χ0n) is 19.7. The van der Waals surface area contributed by atoms with Gasteiger partial charge in [0.1, 0.15) is 16.2 Å². The molecule has 3 aromatic carbocycles. The second kappa shape index (κ2) is 10.8. The van der Waals surface area contributed by atoms with Crippen LogP contribution in [0.15, 0.2) is 89.8 Å². The van der Waals surface area contributed by atoms with Crippen molar-refractivity contribution in [2.45, 2.75) is 56.1 Å². The molecule has 0 aliphatic rings. The van der Waals surface area contributed by atoms with Gasteiger partial charge < -0.3 is 14.7 Å². The van der Waals surface area contributed by atoms with Gasteiger partial charge in [-0.1, -0.05) is 60.7 Å². The Morgan fingerprint density at radius 1 is 0.882 bits per heavy atom. The van der Waals surface area contributed by atoms with Crippen LogP contribution in [-0.2, 0) is 26.1 Å². The van der Waals surface area contributed by atoms with Crippen molar-refractivity contribution in [1.82, 2.24) is 0 Å². The van der Waals surface area contributed by atoms with Gasteiger partial charge in [0.25, 0.3) is 0 Å². The third kappa shape index (κ3) is 7.43. The number of hydrogen-bond donors (Lipinski definition) is 1. The molecule has 2 unspecified atom stereocenters. The van der Waals surface area contributed by atoms with Crippen molar-refractivity contribution in [2.24, 2.45) is 5.73 Å². The van der Waals surface area contributed by atoms with Crippen LogP contribution in [0.3, 0.4) is 0 Å². The van der Waals surface area contributed by atoms with Crippen molar-refractivity contribution in [2.75, 3.05) is 0 Å². The number of rotatable bonds is 9. The maximum atomic E-state index is 12.5. The highest BCUT2D eigenvalue weighted by atomic mass is 32.2. The van der Waals surface area contributed by atoms with Gasteiger partial charge in [0.2, 0.25) is 0 Å². The first kappa shape index (κ1) is 25.5. The second-order valence-electron chi connectivity index (χ2n) is 9.17. The van der Waals surface area contributed by atoms with Crippen molar-refractivity contribution in [1.29, 1.82) is 0 Å². The Morgan fingerprint density at radius 2 is 1.44 bits per heavy atom. The molecular formula is C27H31NO5S. The molecule has 0 aromatic heterocycles. The summed E-state index contributed by atoms with van der Waals surface area (Å²) in [5.41, 5.74) is 7.88. The average molecular weight is 482 g/mol. The molecule has 0 bridgehead atoms. The molecule has 0 amide bonds. The first-order valence-electron chi connectivity index (χ1n) is 11.1. The second-order valence-corrected chi connectivity index (χ2v) is 10.7. The number of hydrogen-bond acceptors (Lipinski definition) is 6. The summed E-state index contributed by atoms with van der Waals surface area (Å²) in [5, 5.41) is 0. The van der Waals surface area contributed by atoms with Crippen LogP contribution in [0.4, 0.5) is 0 Å². The van der Waals surface area contributed by atoms with E-state index < -0.39 is 21.8 Å². The summed E-state index contributed by atoms with van der Waals surface area (Å²) in [5.74, 6) is -0.339. The lowest BCUT2D eigenvalue weighted by Gasteiger charge is -2.26. The summed E-state index contributed by atoms with van der Waals surface area (Å²) in [6.07, 6.45) is 0.683. The van der Waals surface area contributed by atoms with Crippen LogP contribution in [0.2, 0.25) is 0 Å². The molecule has 0 saturated heterocycles. The molecule has 0 aliphatic heterocycles. The van der Waals surface area contributed by atoms with Crippen molar-refractivity contribution in [3.05, 3.63) is 96.1 Å². The first-order chi connectivity index (χ1) is 16.0. The van der Waals surface area contributed by atoms with E-state index in [1.807, 2.05) is 51.1 Å². The largest absolute Gasteiger partial charge is 0.460 e. The van der Waals surface area contributed by atoms with Crippen LogP contribution in [0.5, 0.6) is 5.75 Å². The highest BCUT2D eigenvalue weighted by Crippen LogP contribution is 2.28. The zero-order valence-corrected chi connectivity index (χ0v) is 20.5. The maximum Gasteiger partial charge on any atom is 0.339 e. The Bertz CT molecular complexity index is 1170. The Kier molecular flexibility index (Phi) is 8.12. The fourth-order valence-electron chi connectivity index (χ4n) is 3.63. The third-order valence-corrected chi connectivity index (χ3v) is 6.45. The smallest absolute Gasteiger partial charge is 0.339 e. The molecule has 0 fully saturated rings. The number of carbonyl (C=O) groups excluding carboxylic acids is 1. The van der Waals surface area contributed by atoms with Crippen LogP contribution in [0.1, 0.15) is 44.2 Å². The van der Waals surface area contributed by atoms with E-state index in [1.165, 1.54) is 12.1 Å². The lowest BCUT2D eigenvalue weighted by molar-refractivity contribution is -0.155. The Hall–Kier alpha value is -3.16. The molecule has 2 atom stereocenters. The molecule has 180 valence electrons. The molecule has 7 heteroatoms. The topological polar surface area (TPSA) is 95.7 Å². The van der Waals surface area contributed by atoms with E-state index >= 15 is 0 Å². The summed E-state index contributed by atoms with van der Waals surface area (Å²) in [6.45, 7) is 5.46. The van der Waals surface area contributed by atoms with E-state index in [9.17, 15) is 13.2 Å². The van der Waals surface area contributed by atoms with Gasteiger partial charge in [0.05, 0.1) is 6.42 Å². The molecule has 0 aliphatic carbocycles. The van der Waals surface area contributed by atoms with Gasteiger partial charge in [-0.15, -0.1) is 0 Å². The summed E-state index contributed by atoms with van der Waals surface area (Å²) < 4.78 is 35.8. The van der Waals surface area contributed by atoms with Crippen LogP contribution in [-0.4, -0.2) is 26.0 Å². The predicted molar refractivity (Wildman–Crippen MR) is 132 cm³/mol. The number of ether oxygens (including phenoxy) is 1. The Balaban J connectivity index is 1.80. The van der Waals surface area contributed by atoms with E-state index in [-0.39, 0.29) is 29.0 Å². The zero-order chi connectivity index (χ0) is 24.8. The summed E-state index contributed by atoms with van der Waals surface area (Å²) >= 11 is 0. The molecule has 6 nitrogen and oxygen atoms in total. The van der Waals surface area contributed by atoms with Gasteiger partial charge >= 0.3 is 16.1 Å². The van der Waals surface area contributed by atoms with Gasteiger partial charge in [-0.2, -0.15) is 8.42 Å². The van der Waals surface area contributed by atoms with Gasteiger partial charge in [0.15, 0.2) is 0 Å². The predicted octanol–water partition coefficient (Wildman–Crippen LogP) is 4.84. The van der Waals surface area contributed by atoms with E-state index in [4.69, 9.17) is 14.7 Å². The molecule has 2 N–H and O–H groups in total. The maximum absolute atomic E-state index is 12.5. The first-order valence-corrected chi connectivity index (χ1v) is 12.6. The highest BCUT2D eigenvalue weighted by Gasteiger charge is 2.26. The lowest BCUT2D eigenvalue weighted by Crippen LogP contribution is -2.35. The molecule has 0 radical (unpaired) electrons. The van der Waals surface area contributed by atoms with Gasteiger partial charge in [-0.25, -0.2) is 0 Å². The van der Waals surface area contributed by atoms with Crippen LogP contribution in [0.25, 0.3) is 0 Å². The van der Waals surface area contributed by atoms with Gasteiger partial charge in [-0.3, -0.25) is 4.79 Å². The number of nitrogens with two attached hydrogens (primary N) is 1. The molecule has 3 rings (SSSR count). The molecular weight excluding hydrogens is 450 g/mol. The molecule has 0 heterocycles. The highest BCUT2D eigenvalue weighted by molar-refractivity contribution is 7.87. The molecule has 0 saturated carbocycles. The van der Waals surface area contributed by atoms with Crippen molar-refractivity contribution in [3.8, 4) is 5.75 Å². The molecule has 3 aromatic rings. The fourth-order valence-corrected chi connectivity index (χ4v) is 4.59. The van der Waals surface area contributed by atoms with E-state index in [2.05, 4.69) is 0 Å². The van der Waals surface area contributed by atoms with Crippen molar-refractivity contribution >= 4 is 16.1 Å². The quantitative estimate of drug-likeness (QED) is 0.347. The standard InChI is InChI=1S/C27H31NO5S/c1-27(2,3)32-26(29)19-25(28)24(18-20-10-6-4-7-11-20)21-14-16-22(17-15-21)33-34(30,31)23-12-8-5-9-13-23/h4-17,24-25H,18-19,28H2,1-3H3. The van der Waals surface area contributed by atoms with Crippen LogP contribution in [0, 0.1) is 0 Å². The summed E-state index contributed by atoms with van der Waals surface area (Å²) in [4.78, 5) is 12.5. The molecule has 34 heavy (non-hydrogen) atoms. The van der Waals surface area contributed by atoms with Gasteiger partial charge in [0, 0.05) is 12.0 Å². The number of carbonyl (C=O) groups is 1. The SMILES string of the molecule is CC(C)(C)OC(=O)CC(N)C(Cc1ccccc1)c1ccc(OS(=O)(=O)c2ccccc2)cc1. The van der Waals surface area contributed by atoms with Gasteiger partial charge in [-0.05, 0) is 62.6 Å². The monoisotopic (exact) mass is 481 g/mol. The average Bonchev–Trinajstić information content (AvgIpc) is 2.78. The van der Waals surface area contributed by atoms with Crippen LogP contribution >= 0.6 is 0 Å². The minimum atomic E-state index is -3.93. The van der Waals surface area contributed by atoms with E-state index in [0.29, 0.717) is 6.42 Å². The van der Waals surface area contributed by atoms with Crippen molar-refractivity contribution < 1.29 is 22.1 Å². The Labute approximate surface area is 201 Å².